The molecule has 0 aromatic heterocycles. The molecule has 0 heterocycles. The number of benzene rings is 2. The molecule has 0 heteroatoms. The minimum atomic E-state index is 0.960. The topological polar surface area (TPSA) is 0 Å². The third kappa shape index (κ3) is 4.59. The van der Waals surface area contributed by atoms with Gasteiger partial charge in [-0.15, -0.1) is 0 Å². The Balaban J connectivity index is 1.86. The summed E-state index contributed by atoms with van der Waals surface area (Å²) in [6.45, 7) is 4.22. The maximum Gasteiger partial charge on any atom is -0.0163 e. The molecule has 0 spiro atoms. The van der Waals surface area contributed by atoms with Crippen LogP contribution in [0.3, 0.4) is 0 Å². The Kier molecular flexibility index (Phi) is 4.74. The summed E-state index contributed by atoms with van der Waals surface area (Å²) in [6.07, 6.45) is 9.67. The van der Waals surface area contributed by atoms with Crippen LogP contribution in [0.2, 0.25) is 0 Å². The van der Waals surface area contributed by atoms with Crippen LogP contribution in [-0.2, 0) is 0 Å². The fourth-order valence-corrected chi connectivity index (χ4v) is 1.84. The highest BCUT2D eigenvalue weighted by molar-refractivity contribution is 5.52. The van der Waals surface area contributed by atoms with Gasteiger partial charge in [0.05, 0.1) is 0 Å². The quantitative estimate of drug-likeness (QED) is 0.677. The van der Waals surface area contributed by atoms with Gasteiger partial charge in [-0.3, -0.25) is 0 Å². The van der Waals surface area contributed by atoms with Gasteiger partial charge in [0.2, 0.25) is 0 Å². The predicted molar refractivity (Wildman–Crippen MR) is 85.0 cm³/mol. The maximum atomic E-state index is 2.19. The number of allylic oxidation sites excluding steroid dienone is 2. The zero-order chi connectivity index (χ0) is 13.5. The van der Waals surface area contributed by atoms with Gasteiger partial charge in [-0.25, -0.2) is 0 Å². The van der Waals surface area contributed by atoms with Crippen molar-refractivity contribution in [2.75, 3.05) is 0 Å². The molecule has 0 amide bonds. The van der Waals surface area contributed by atoms with E-state index in [-0.39, 0.29) is 0 Å². The average Bonchev–Trinajstić information content (AvgIpc) is 2.43. The Morgan fingerprint density at radius 2 is 1.00 bits per heavy atom. The van der Waals surface area contributed by atoms with Crippen molar-refractivity contribution >= 4 is 12.2 Å². The van der Waals surface area contributed by atoms with Crippen molar-refractivity contribution in [3.63, 3.8) is 0 Å². The lowest BCUT2D eigenvalue weighted by Crippen LogP contribution is -1.74. The van der Waals surface area contributed by atoms with Gasteiger partial charge in [-0.1, -0.05) is 84.0 Å². The summed E-state index contributed by atoms with van der Waals surface area (Å²) in [5, 5.41) is 0. The Hall–Kier alpha value is -2.08. The second-order valence-corrected chi connectivity index (χ2v) is 4.86. The van der Waals surface area contributed by atoms with E-state index in [1.165, 1.54) is 22.3 Å². The summed E-state index contributed by atoms with van der Waals surface area (Å²) in [5.74, 6) is 0. The lowest BCUT2D eigenvalue weighted by atomic mass is 10.1. The Labute approximate surface area is 116 Å². The molecule has 96 valence electrons. The first-order valence-corrected chi connectivity index (χ1v) is 6.70. The van der Waals surface area contributed by atoms with Gasteiger partial charge < -0.3 is 0 Å². The zero-order valence-electron chi connectivity index (χ0n) is 11.6. The molecular formula is C19H20. The fourth-order valence-electron chi connectivity index (χ4n) is 1.84. The van der Waals surface area contributed by atoms with Crippen LogP contribution in [0, 0.1) is 13.8 Å². The predicted octanol–water partition coefficient (Wildman–Crippen LogP) is 5.42. The van der Waals surface area contributed by atoms with Crippen LogP contribution in [0.5, 0.6) is 0 Å². The Bertz CT molecular complexity index is 500. The molecule has 0 saturated carbocycles. The molecule has 0 radical (unpaired) electrons. The minimum Gasteiger partial charge on any atom is -0.0801 e. The first-order chi connectivity index (χ1) is 9.24. The van der Waals surface area contributed by atoms with E-state index in [1.54, 1.807) is 0 Å². The third-order valence-electron chi connectivity index (χ3n) is 3.05. The zero-order valence-corrected chi connectivity index (χ0v) is 11.6. The molecule has 0 aliphatic rings. The van der Waals surface area contributed by atoms with Crippen molar-refractivity contribution in [3.05, 3.63) is 82.9 Å². The van der Waals surface area contributed by atoms with Gasteiger partial charge in [-0.05, 0) is 31.4 Å². The lowest BCUT2D eigenvalue weighted by Gasteiger charge is -1.95. The summed E-state index contributed by atoms with van der Waals surface area (Å²) in [7, 11) is 0. The van der Waals surface area contributed by atoms with Crippen LogP contribution in [0.25, 0.3) is 12.2 Å². The van der Waals surface area contributed by atoms with Crippen LogP contribution < -0.4 is 0 Å². The monoisotopic (exact) mass is 248 g/mol. The van der Waals surface area contributed by atoms with Crippen molar-refractivity contribution < 1.29 is 0 Å². The highest BCUT2D eigenvalue weighted by Gasteiger charge is 1.86. The highest BCUT2D eigenvalue weighted by Crippen LogP contribution is 2.08. The molecule has 0 aliphatic heterocycles. The molecule has 0 saturated heterocycles. The van der Waals surface area contributed by atoms with E-state index in [1.807, 2.05) is 0 Å². The summed E-state index contributed by atoms with van der Waals surface area (Å²) >= 11 is 0. The molecule has 0 N–H and O–H groups in total. The molecule has 0 bridgehead atoms. The largest absolute Gasteiger partial charge is 0.0801 e. The Morgan fingerprint density at radius 1 is 0.632 bits per heavy atom. The summed E-state index contributed by atoms with van der Waals surface area (Å²) < 4.78 is 0. The second kappa shape index (κ2) is 6.75. The molecular weight excluding hydrogens is 228 g/mol. The van der Waals surface area contributed by atoms with Crippen LogP contribution in [0.1, 0.15) is 28.7 Å². The molecule has 2 rings (SSSR count). The van der Waals surface area contributed by atoms with Crippen molar-refractivity contribution in [2.24, 2.45) is 0 Å². The number of hydrogen-bond acceptors (Lipinski definition) is 0. The van der Waals surface area contributed by atoms with Gasteiger partial charge in [-0.2, -0.15) is 0 Å². The average molecular weight is 248 g/mol. The normalized spacial score (nSPS) is 11.5. The van der Waals surface area contributed by atoms with Crippen molar-refractivity contribution in [1.82, 2.24) is 0 Å². The molecule has 2 aromatic rings. The SMILES string of the molecule is Cc1ccc(/C=C/C/C=C/c2ccc(C)cc2)cc1. The van der Waals surface area contributed by atoms with Crippen molar-refractivity contribution in [1.29, 1.82) is 0 Å². The molecule has 0 unspecified atom stereocenters. The fraction of sp³-hybridized carbons (Fsp3) is 0.158. The Morgan fingerprint density at radius 3 is 1.37 bits per heavy atom. The molecule has 19 heavy (non-hydrogen) atoms. The number of hydrogen-bond donors (Lipinski definition) is 0. The van der Waals surface area contributed by atoms with E-state index in [2.05, 4.69) is 86.7 Å². The van der Waals surface area contributed by atoms with E-state index >= 15 is 0 Å². The summed E-state index contributed by atoms with van der Waals surface area (Å²) in [5.41, 5.74) is 5.12. The van der Waals surface area contributed by atoms with Gasteiger partial charge in [0.25, 0.3) is 0 Å². The number of aryl methyl sites for hydroxylation is 2. The molecule has 0 atom stereocenters. The highest BCUT2D eigenvalue weighted by atomic mass is 13.9. The van der Waals surface area contributed by atoms with E-state index < -0.39 is 0 Å². The standard InChI is InChI=1S/C19H20/c1-16-8-12-18(13-9-16)6-4-3-5-7-19-14-10-17(2)11-15-19/h4-15H,3H2,1-2H3/b6-4+,7-5+. The van der Waals surface area contributed by atoms with Gasteiger partial charge in [0.1, 0.15) is 0 Å². The minimum absolute atomic E-state index is 0.960. The third-order valence-corrected chi connectivity index (χ3v) is 3.05. The van der Waals surface area contributed by atoms with E-state index in [0.29, 0.717) is 0 Å². The van der Waals surface area contributed by atoms with E-state index in [9.17, 15) is 0 Å². The number of rotatable bonds is 4. The van der Waals surface area contributed by atoms with Crippen LogP contribution in [0.4, 0.5) is 0 Å². The molecule has 2 aromatic carbocycles. The van der Waals surface area contributed by atoms with Gasteiger partial charge in [0.15, 0.2) is 0 Å². The first-order valence-electron chi connectivity index (χ1n) is 6.70. The molecule has 0 fully saturated rings. The van der Waals surface area contributed by atoms with Crippen LogP contribution in [-0.4, -0.2) is 0 Å². The molecule has 0 aliphatic carbocycles. The summed E-state index contributed by atoms with van der Waals surface area (Å²) in [6, 6.07) is 17.2. The van der Waals surface area contributed by atoms with Crippen molar-refractivity contribution in [2.45, 2.75) is 20.3 Å². The van der Waals surface area contributed by atoms with Crippen molar-refractivity contribution in [3.8, 4) is 0 Å². The van der Waals surface area contributed by atoms with Crippen LogP contribution >= 0.6 is 0 Å². The second-order valence-electron chi connectivity index (χ2n) is 4.86. The van der Waals surface area contributed by atoms with E-state index in [0.717, 1.165) is 6.42 Å². The first kappa shape index (κ1) is 13.4. The smallest absolute Gasteiger partial charge is 0.0163 e. The van der Waals surface area contributed by atoms with Crippen LogP contribution in [0.15, 0.2) is 60.7 Å². The summed E-state index contributed by atoms with van der Waals surface area (Å²) in [4.78, 5) is 0. The molecule has 0 nitrogen and oxygen atoms in total. The van der Waals surface area contributed by atoms with Gasteiger partial charge in [0, 0.05) is 0 Å². The van der Waals surface area contributed by atoms with Gasteiger partial charge >= 0.3 is 0 Å². The maximum absolute atomic E-state index is 2.19. The lowest BCUT2D eigenvalue weighted by molar-refractivity contribution is 1.41. The van der Waals surface area contributed by atoms with E-state index in [4.69, 9.17) is 0 Å².